The van der Waals surface area contributed by atoms with Crippen LogP contribution in [0.3, 0.4) is 0 Å². The second-order valence-corrected chi connectivity index (χ2v) is 18.9. The summed E-state index contributed by atoms with van der Waals surface area (Å²) in [7, 11) is 0. The number of rotatable bonds is 11. The van der Waals surface area contributed by atoms with Gasteiger partial charge in [0.05, 0.1) is 0 Å². The molecule has 0 saturated heterocycles. The van der Waals surface area contributed by atoms with Crippen molar-refractivity contribution >= 4 is 34.3 Å². The van der Waals surface area contributed by atoms with Crippen LogP contribution in [0.5, 0.6) is 0 Å². The number of alkyl halides is 1. The molecule has 0 aliphatic heterocycles. The average molecular weight is 410 g/mol. The Morgan fingerprint density at radius 3 is 1.53 bits per heavy atom. The van der Waals surface area contributed by atoms with E-state index < -0.39 is 18.4 Å². The molecule has 2 heteroatoms. The summed E-state index contributed by atoms with van der Waals surface area (Å²) in [4.78, 5) is 0. The summed E-state index contributed by atoms with van der Waals surface area (Å²) in [6.45, 7) is 7.01. The fourth-order valence-corrected chi connectivity index (χ4v) is 18.1. The second kappa shape index (κ2) is 12.1. The van der Waals surface area contributed by atoms with E-state index in [4.69, 9.17) is 0 Å². The predicted octanol–water partition coefficient (Wildman–Crippen LogP) is 6.33. The third kappa shape index (κ3) is 8.69. The number of halogens is 1. The minimum absolute atomic E-state index is 1.05. The van der Waals surface area contributed by atoms with Gasteiger partial charge in [-0.05, 0) is 0 Å². The van der Waals surface area contributed by atoms with E-state index in [1.807, 2.05) is 0 Å². The Hall–Kier alpha value is 1.02. The first kappa shape index (κ1) is 18.0. The topological polar surface area (TPSA) is 0 Å². The molecule has 0 heterocycles. The fraction of sp³-hybridized carbons (Fsp3) is 0.867. The summed E-state index contributed by atoms with van der Waals surface area (Å²) in [5, 5.41) is 1.05. The number of unbranched alkanes of at least 4 members (excludes halogenated alkanes) is 3. The van der Waals surface area contributed by atoms with Crippen molar-refractivity contribution in [2.45, 2.75) is 72.6 Å². The van der Waals surface area contributed by atoms with Gasteiger partial charge in [-0.2, -0.15) is 0 Å². The zero-order chi connectivity index (χ0) is 13.0. The molecule has 0 fully saturated rings. The van der Waals surface area contributed by atoms with Crippen LogP contribution in [0.15, 0.2) is 10.2 Å². The Morgan fingerprint density at radius 2 is 1.24 bits per heavy atom. The van der Waals surface area contributed by atoms with Gasteiger partial charge in [0, 0.05) is 0 Å². The van der Waals surface area contributed by atoms with Crippen LogP contribution in [0.4, 0.5) is 0 Å². The van der Waals surface area contributed by atoms with Gasteiger partial charge in [0.2, 0.25) is 0 Å². The molecule has 0 aromatic carbocycles. The third-order valence-electron chi connectivity index (χ3n) is 3.65. The molecule has 0 atom stereocenters. The summed E-state index contributed by atoms with van der Waals surface area (Å²) in [5.74, 6) is 0. The second-order valence-electron chi connectivity index (χ2n) is 5.23. The van der Waals surface area contributed by atoms with Crippen LogP contribution in [0.1, 0.15) is 59.3 Å². The van der Waals surface area contributed by atoms with Crippen molar-refractivity contribution < 1.29 is 0 Å². The van der Waals surface area contributed by atoms with Crippen molar-refractivity contribution in [2.24, 2.45) is 0 Å². The molecular formula is C15H31BrSn. The SMILES string of the molecule is CCC[CH2][Sn](/[CH]=C/CBr)([CH2]CCC)[CH2]CCC. The van der Waals surface area contributed by atoms with Crippen LogP contribution < -0.4 is 0 Å². The molecule has 0 spiro atoms. The van der Waals surface area contributed by atoms with Gasteiger partial charge >= 0.3 is 122 Å². The van der Waals surface area contributed by atoms with Gasteiger partial charge in [-0.15, -0.1) is 0 Å². The molecule has 0 aliphatic carbocycles. The monoisotopic (exact) mass is 410 g/mol. The van der Waals surface area contributed by atoms with E-state index in [1.165, 1.54) is 38.5 Å². The molecule has 0 bridgehead atoms. The molecule has 0 nitrogen and oxygen atoms in total. The number of allylic oxidation sites excluding steroid dienone is 1. The summed E-state index contributed by atoms with van der Waals surface area (Å²) >= 11 is 1.65. The third-order valence-corrected chi connectivity index (χ3v) is 18.3. The van der Waals surface area contributed by atoms with Gasteiger partial charge in [0.15, 0.2) is 0 Å². The van der Waals surface area contributed by atoms with Crippen LogP contribution in [-0.2, 0) is 0 Å². The molecule has 0 amide bonds. The van der Waals surface area contributed by atoms with Crippen LogP contribution in [0.25, 0.3) is 0 Å². The maximum atomic E-state index is 3.55. The van der Waals surface area contributed by atoms with Gasteiger partial charge in [-0.25, -0.2) is 0 Å². The molecule has 17 heavy (non-hydrogen) atoms. The predicted molar refractivity (Wildman–Crippen MR) is 87.8 cm³/mol. The van der Waals surface area contributed by atoms with Crippen molar-refractivity contribution in [3.8, 4) is 0 Å². The van der Waals surface area contributed by atoms with E-state index in [-0.39, 0.29) is 0 Å². The summed E-state index contributed by atoms with van der Waals surface area (Å²) in [5.41, 5.74) is 0. The van der Waals surface area contributed by atoms with E-state index in [0.29, 0.717) is 0 Å². The van der Waals surface area contributed by atoms with Crippen molar-refractivity contribution in [3.05, 3.63) is 10.2 Å². The average Bonchev–Trinajstić information content (AvgIpc) is 2.37. The van der Waals surface area contributed by atoms with Crippen LogP contribution in [0, 0.1) is 0 Å². The standard InChI is InChI=1S/3C4H9.C3H4Br.Sn/c3*1-3-4-2;1-2-3-4;/h3*1,3-4H2,2H3;1-2H,3H2;. The van der Waals surface area contributed by atoms with E-state index >= 15 is 0 Å². The first-order valence-corrected chi connectivity index (χ1v) is 16.3. The van der Waals surface area contributed by atoms with Crippen LogP contribution in [0.2, 0.25) is 13.3 Å². The van der Waals surface area contributed by atoms with E-state index in [9.17, 15) is 0 Å². The fourth-order valence-electron chi connectivity index (χ4n) is 2.51. The van der Waals surface area contributed by atoms with Gasteiger partial charge in [-0.3, -0.25) is 0 Å². The molecule has 0 aromatic heterocycles. The minimum atomic E-state index is -1.90. The summed E-state index contributed by atoms with van der Waals surface area (Å²) in [6.07, 6.45) is 10.9. The molecule has 0 rings (SSSR count). The van der Waals surface area contributed by atoms with Crippen LogP contribution in [-0.4, -0.2) is 23.7 Å². The molecule has 102 valence electrons. The van der Waals surface area contributed by atoms with E-state index in [0.717, 1.165) is 5.33 Å². The van der Waals surface area contributed by atoms with Crippen molar-refractivity contribution in [1.29, 1.82) is 0 Å². The van der Waals surface area contributed by atoms with Gasteiger partial charge in [0.1, 0.15) is 0 Å². The molecule has 0 aromatic rings. The molecular weight excluding hydrogens is 379 g/mol. The number of hydrogen-bond donors (Lipinski definition) is 0. The normalized spacial score (nSPS) is 12.5. The van der Waals surface area contributed by atoms with Crippen molar-refractivity contribution in [3.63, 3.8) is 0 Å². The first-order valence-electron chi connectivity index (χ1n) is 7.48. The van der Waals surface area contributed by atoms with Gasteiger partial charge < -0.3 is 0 Å². The Morgan fingerprint density at radius 1 is 0.824 bits per heavy atom. The van der Waals surface area contributed by atoms with Gasteiger partial charge in [0.25, 0.3) is 0 Å². The summed E-state index contributed by atoms with van der Waals surface area (Å²) < 4.78 is 7.50. The number of hydrogen-bond acceptors (Lipinski definition) is 0. The molecule has 0 radical (unpaired) electrons. The van der Waals surface area contributed by atoms with Crippen LogP contribution >= 0.6 is 15.9 Å². The van der Waals surface area contributed by atoms with E-state index in [1.54, 1.807) is 13.3 Å². The first-order chi connectivity index (χ1) is 8.24. The Labute approximate surface area is 122 Å². The van der Waals surface area contributed by atoms with E-state index in [2.05, 4.69) is 46.9 Å². The zero-order valence-electron chi connectivity index (χ0n) is 12.1. The Balaban J connectivity index is 4.57. The molecule has 0 unspecified atom stereocenters. The Kier molecular flexibility index (Phi) is 12.8. The van der Waals surface area contributed by atoms with Crippen molar-refractivity contribution in [1.82, 2.24) is 0 Å². The molecule has 0 saturated carbocycles. The van der Waals surface area contributed by atoms with Gasteiger partial charge in [-0.1, -0.05) is 0 Å². The molecule has 0 aliphatic rings. The summed E-state index contributed by atoms with van der Waals surface area (Å²) in [6, 6.07) is 0. The Bertz CT molecular complexity index is 168. The van der Waals surface area contributed by atoms with Crippen molar-refractivity contribution in [2.75, 3.05) is 5.33 Å². The maximum absolute atomic E-state index is 3.55. The molecule has 0 N–H and O–H groups in total. The quantitative estimate of drug-likeness (QED) is 0.276. The zero-order valence-corrected chi connectivity index (χ0v) is 16.5.